The number of rotatable bonds is 8. The van der Waals surface area contributed by atoms with Crippen molar-refractivity contribution in [3.05, 3.63) is 53.9 Å². The Morgan fingerprint density at radius 3 is 2.68 bits per heavy atom. The van der Waals surface area contributed by atoms with Crippen LogP contribution < -0.4 is 14.8 Å². The fraction of sp³-hybridized carbons (Fsp3) is 0.478. The molecule has 2 aromatic rings. The van der Waals surface area contributed by atoms with E-state index < -0.39 is 0 Å². The van der Waals surface area contributed by atoms with Crippen LogP contribution in [0.4, 0.5) is 0 Å². The van der Waals surface area contributed by atoms with Crippen molar-refractivity contribution in [2.24, 2.45) is 17.8 Å². The Hall–Kier alpha value is -2.56. The first-order chi connectivity index (χ1) is 13.7. The summed E-state index contributed by atoms with van der Waals surface area (Å²) in [5, 5.41) is 3.07. The molecule has 1 heterocycles. The van der Waals surface area contributed by atoms with E-state index in [0.717, 1.165) is 23.0 Å². The van der Waals surface area contributed by atoms with Crippen LogP contribution >= 0.6 is 0 Å². The van der Waals surface area contributed by atoms with Crippen LogP contribution in [-0.2, 0) is 17.9 Å². The van der Waals surface area contributed by atoms with E-state index in [-0.39, 0.29) is 5.91 Å². The van der Waals surface area contributed by atoms with Crippen LogP contribution in [0.5, 0.6) is 11.5 Å². The number of hydrogen-bond acceptors (Lipinski definition) is 4. The molecular weight excluding hydrogens is 352 g/mol. The van der Waals surface area contributed by atoms with Crippen molar-refractivity contribution in [1.82, 2.24) is 10.3 Å². The Bertz CT molecular complexity index is 809. The predicted molar refractivity (Wildman–Crippen MR) is 107 cm³/mol. The molecule has 28 heavy (non-hydrogen) atoms. The molecule has 2 bridgehead atoms. The van der Waals surface area contributed by atoms with Crippen LogP contribution in [0, 0.1) is 17.8 Å². The van der Waals surface area contributed by atoms with Crippen molar-refractivity contribution in [2.75, 3.05) is 7.11 Å². The molecule has 0 radical (unpaired) electrons. The van der Waals surface area contributed by atoms with E-state index in [4.69, 9.17) is 9.47 Å². The van der Waals surface area contributed by atoms with Gasteiger partial charge in [-0.2, -0.15) is 0 Å². The smallest absolute Gasteiger partial charge is 0.220 e. The van der Waals surface area contributed by atoms with Crippen molar-refractivity contribution >= 4 is 5.91 Å². The molecule has 0 spiro atoms. The topological polar surface area (TPSA) is 60.5 Å². The molecule has 2 saturated carbocycles. The molecule has 0 unspecified atom stereocenters. The van der Waals surface area contributed by atoms with E-state index in [2.05, 4.69) is 10.3 Å². The van der Waals surface area contributed by atoms with E-state index in [0.29, 0.717) is 37.0 Å². The standard InChI is InChI=1S/C23H28N2O3/c1-27-22-12-18(3-5-21(22)28-15-16-6-8-24-9-7-16)14-25-23(26)13-20-11-17-2-4-19(20)10-17/h3,5-9,12,17,19-20H,2,4,10-11,13-15H2,1H3,(H,25,26)/t17-,19-,20+/m0/s1. The number of amides is 1. The van der Waals surface area contributed by atoms with Gasteiger partial charge in [0.25, 0.3) is 0 Å². The van der Waals surface area contributed by atoms with Gasteiger partial charge in [0.15, 0.2) is 11.5 Å². The average Bonchev–Trinajstić information content (AvgIpc) is 3.35. The maximum atomic E-state index is 12.4. The molecule has 2 fully saturated rings. The van der Waals surface area contributed by atoms with Crippen LogP contribution in [0.3, 0.4) is 0 Å². The first-order valence-corrected chi connectivity index (χ1v) is 10.2. The molecule has 0 aliphatic heterocycles. The summed E-state index contributed by atoms with van der Waals surface area (Å²) in [6, 6.07) is 9.65. The lowest BCUT2D eigenvalue weighted by molar-refractivity contribution is -0.122. The van der Waals surface area contributed by atoms with Crippen molar-refractivity contribution in [2.45, 2.75) is 45.3 Å². The maximum absolute atomic E-state index is 12.4. The zero-order valence-electron chi connectivity index (χ0n) is 16.4. The van der Waals surface area contributed by atoms with Gasteiger partial charge in [0.2, 0.25) is 5.91 Å². The maximum Gasteiger partial charge on any atom is 0.220 e. The highest BCUT2D eigenvalue weighted by molar-refractivity contribution is 5.76. The van der Waals surface area contributed by atoms with Crippen LogP contribution in [0.25, 0.3) is 0 Å². The zero-order chi connectivity index (χ0) is 19.3. The van der Waals surface area contributed by atoms with E-state index in [1.54, 1.807) is 19.5 Å². The molecule has 0 saturated heterocycles. The van der Waals surface area contributed by atoms with Gasteiger partial charge in [-0.25, -0.2) is 0 Å². The predicted octanol–water partition coefficient (Wildman–Crippen LogP) is 4.11. The number of pyridine rings is 1. The minimum atomic E-state index is 0.162. The third-order valence-electron chi connectivity index (χ3n) is 6.19. The first-order valence-electron chi connectivity index (χ1n) is 10.2. The summed E-state index contributed by atoms with van der Waals surface area (Å²) in [7, 11) is 1.63. The second-order valence-electron chi connectivity index (χ2n) is 8.05. The van der Waals surface area contributed by atoms with Gasteiger partial charge in [-0.05, 0) is 72.4 Å². The molecule has 148 valence electrons. The number of ether oxygens (including phenoxy) is 2. The molecule has 5 heteroatoms. The van der Waals surface area contributed by atoms with Gasteiger partial charge in [-0.3, -0.25) is 9.78 Å². The monoisotopic (exact) mass is 380 g/mol. The highest BCUT2D eigenvalue weighted by Gasteiger charge is 2.39. The average molecular weight is 380 g/mol. The minimum absolute atomic E-state index is 0.162. The van der Waals surface area contributed by atoms with Crippen LogP contribution in [0.2, 0.25) is 0 Å². The van der Waals surface area contributed by atoms with Crippen LogP contribution in [0.15, 0.2) is 42.7 Å². The van der Waals surface area contributed by atoms with Gasteiger partial charge in [0.05, 0.1) is 7.11 Å². The molecule has 1 amide bonds. The number of aromatic nitrogens is 1. The Kier molecular flexibility index (Phi) is 5.79. The SMILES string of the molecule is COc1cc(CNC(=O)C[C@H]2C[C@H]3CC[C@H]2C3)ccc1OCc1ccncc1. The molecule has 1 aromatic carbocycles. The lowest BCUT2D eigenvalue weighted by Gasteiger charge is -2.21. The summed E-state index contributed by atoms with van der Waals surface area (Å²) in [6.07, 6.45) is 9.45. The van der Waals surface area contributed by atoms with E-state index in [1.165, 1.54) is 25.7 Å². The summed E-state index contributed by atoms with van der Waals surface area (Å²) in [4.78, 5) is 16.4. The lowest BCUT2D eigenvalue weighted by atomic mass is 9.86. The molecular formula is C23H28N2O3. The van der Waals surface area contributed by atoms with Crippen LogP contribution in [-0.4, -0.2) is 18.0 Å². The number of carbonyl (C=O) groups excluding carboxylic acids is 1. The first kappa shape index (κ1) is 18.8. The lowest BCUT2D eigenvalue weighted by Crippen LogP contribution is -2.26. The van der Waals surface area contributed by atoms with Gasteiger partial charge in [0.1, 0.15) is 6.61 Å². The van der Waals surface area contributed by atoms with Crippen molar-refractivity contribution in [3.63, 3.8) is 0 Å². The second kappa shape index (κ2) is 8.63. The summed E-state index contributed by atoms with van der Waals surface area (Å²) in [6.45, 7) is 0.971. The minimum Gasteiger partial charge on any atom is -0.493 e. The number of methoxy groups -OCH3 is 1. The Labute approximate surface area is 166 Å². The van der Waals surface area contributed by atoms with E-state index in [9.17, 15) is 4.79 Å². The molecule has 1 aromatic heterocycles. The number of nitrogens with one attached hydrogen (secondary N) is 1. The zero-order valence-corrected chi connectivity index (χ0v) is 16.4. The normalized spacial score (nSPS) is 22.8. The molecule has 5 nitrogen and oxygen atoms in total. The Balaban J connectivity index is 1.29. The highest BCUT2D eigenvalue weighted by atomic mass is 16.5. The van der Waals surface area contributed by atoms with E-state index >= 15 is 0 Å². The summed E-state index contributed by atoms with van der Waals surface area (Å²) in [5.41, 5.74) is 2.06. The number of carbonyl (C=O) groups is 1. The fourth-order valence-electron chi connectivity index (χ4n) is 4.72. The summed E-state index contributed by atoms with van der Waals surface area (Å²) < 4.78 is 11.3. The summed E-state index contributed by atoms with van der Waals surface area (Å²) in [5.74, 6) is 3.79. The molecule has 4 rings (SSSR count). The van der Waals surface area contributed by atoms with Crippen molar-refractivity contribution < 1.29 is 14.3 Å². The van der Waals surface area contributed by atoms with Crippen molar-refractivity contribution in [1.29, 1.82) is 0 Å². The number of benzene rings is 1. The van der Waals surface area contributed by atoms with Gasteiger partial charge >= 0.3 is 0 Å². The fourth-order valence-corrected chi connectivity index (χ4v) is 4.72. The second-order valence-corrected chi connectivity index (χ2v) is 8.05. The molecule has 2 aliphatic carbocycles. The number of nitrogens with zero attached hydrogens (tertiary/aromatic N) is 1. The Morgan fingerprint density at radius 1 is 1.11 bits per heavy atom. The largest absolute Gasteiger partial charge is 0.493 e. The van der Waals surface area contributed by atoms with Gasteiger partial charge in [0, 0.05) is 25.4 Å². The number of hydrogen-bond donors (Lipinski definition) is 1. The quantitative estimate of drug-likeness (QED) is 0.749. The third-order valence-corrected chi connectivity index (χ3v) is 6.19. The molecule has 1 N–H and O–H groups in total. The van der Waals surface area contributed by atoms with Gasteiger partial charge < -0.3 is 14.8 Å². The highest BCUT2D eigenvalue weighted by Crippen LogP contribution is 2.49. The van der Waals surface area contributed by atoms with E-state index in [1.807, 2.05) is 30.3 Å². The summed E-state index contributed by atoms with van der Waals surface area (Å²) >= 11 is 0. The number of fused-ring (bicyclic) bond motifs is 2. The van der Waals surface area contributed by atoms with Crippen molar-refractivity contribution in [3.8, 4) is 11.5 Å². The molecule has 2 aliphatic rings. The molecule has 3 atom stereocenters. The van der Waals surface area contributed by atoms with Crippen LogP contribution in [0.1, 0.15) is 43.2 Å². The third kappa shape index (κ3) is 4.46. The van der Waals surface area contributed by atoms with Gasteiger partial charge in [-0.1, -0.05) is 12.5 Å². The van der Waals surface area contributed by atoms with Gasteiger partial charge in [-0.15, -0.1) is 0 Å². The Morgan fingerprint density at radius 2 is 1.96 bits per heavy atom.